The summed E-state index contributed by atoms with van der Waals surface area (Å²) in [4.78, 5) is 17.0. The third-order valence-electron chi connectivity index (χ3n) is 3.70. The molecular formula is C16H10Cl3N7O. The molecular weight excluding hydrogens is 413 g/mol. The van der Waals surface area contributed by atoms with Gasteiger partial charge >= 0.3 is 0 Å². The molecule has 0 radical (unpaired) electrons. The molecule has 8 nitrogen and oxygen atoms in total. The van der Waals surface area contributed by atoms with Crippen LogP contribution in [0.25, 0.3) is 17.4 Å². The normalized spacial score (nSPS) is 12.3. The average molecular weight is 423 g/mol. The molecule has 1 unspecified atom stereocenters. The number of hydrogen-bond donors (Lipinski definition) is 0. The van der Waals surface area contributed by atoms with Gasteiger partial charge in [0.05, 0.1) is 23.3 Å². The molecule has 136 valence electrons. The second-order valence-corrected chi connectivity index (χ2v) is 6.88. The van der Waals surface area contributed by atoms with Crippen LogP contribution >= 0.6 is 34.8 Å². The zero-order valence-corrected chi connectivity index (χ0v) is 16.0. The van der Waals surface area contributed by atoms with Gasteiger partial charge in [-0.05, 0) is 25.1 Å². The lowest BCUT2D eigenvalue weighted by molar-refractivity contribution is 0.419. The Morgan fingerprint density at radius 2 is 1.67 bits per heavy atom. The molecule has 11 heteroatoms. The van der Waals surface area contributed by atoms with E-state index in [0.29, 0.717) is 44.1 Å². The number of nitrogens with zero attached hydrogens (tertiary/aromatic N) is 7. The van der Waals surface area contributed by atoms with Gasteiger partial charge < -0.3 is 4.52 Å². The number of benzene rings is 1. The Labute approximate surface area is 168 Å². The van der Waals surface area contributed by atoms with Crippen LogP contribution in [0.5, 0.6) is 0 Å². The van der Waals surface area contributed by atoms with Crippen LogP contribution in [0, 0.1) is 0 Å². The minimum atomic E-state index is -0.334. The van der Waals surface area contributed by atoms with Crippen molar-refractivity contribution in [3.63, 3.8) is 0 Å². The lowest BCUT2D eigenvalue weighted by Crippen LogP contribution is -2.11. The van der Waals surface area contributed by atoms with E-state index in [1.54, 1.807) is 18.2 Å². The molecule has 0 amide bonds. The molecule has 4 aromatic rings. The second-order valence-electron chi connectivity index (χ2n) is 5.57. The lowest BCUT2D eigenvalue weighted by atomic mass is 10.1. The van der Waals surface area contributed by atoms with E-state index < -0.39 is 0 Å². The largest absolute Gasteiger partial charge is 0.334 e. The third-order valence-corrected chi connectivity index (χ3v) is 4.33. The van der Waals surface area contributed by atoms with Crippen LogP contribution in [-0.4, -0.2) is 34.9 Å². The van der Waals surface area contributed by atoms with Crippen LogP contribution in [0.1, 0.15) is 24.5 Å². The molecule has 0 aliphatic rings. The van der Waals surface area contributed by atoms with E-state index in [2.05, 4.69) is 30.2 Å². The van der Waals surface area contributed by atoms with Crippen molar-refractivity contribution in [2.45, 2.75) is 12.8 Å². The number of halogens is 3. The smallest absolute Gasteiger partial charge is 0.258 e. The predicted molar refractivity (Wildman–Crippen MR) is 99.2 cm³/mol. The summed E-state index contributed by atoms with van der Waals surface area (Å²) in [7, 11) is 0. The summed E-state index contributed by atoms with van der Waals surface area (Å²) in [5, 5.41) is 9.59. The molecule has 0 aliphatic carbocycles. The molecule has 1 aromatic carbocycles. The maximum Gasteiger partial charge on any atom is 0.258 e. The van der Waals surface area contributed by atoms with Crippen LogP contribution in [0.2, 0.25) is 15.1 Å². The van der Waals surface area contributed by atoms with Gasteiger partial charge in [-0.2, -0.15) is 14.8 Å². The standard InChI is InChI=1S/C16H10Cl3N7O/c1-8(14-22-7-23-26(14)16-20-5-12(19)6-21-16)13-24-15(27-25-13)9-2-10(17)4-11(18)3-9/h2-8H,1H3. The van der Waals surface area contributed by atoms with Crippen LogP contribution in [-0.2, 0) is 0 Å². The molecule has 0 saturated heterocycles. The lowest BCUT2D eigenvalue weighted by Gasteiger charge is -2.07. The Morgan fingerprint density at radius 3 is 2.37 bits per heavy atom. The monoisotopic (exact) mass is 421 g/mol. The molecule has 3 aromatic heterocycles. The number of aromatic nitrogens is 7. The zero-order chi connectivity index (χ0) is 19.0. The molecule has 27 heavy (non-hydrogen) atoms. The first-order valence-electron chi connectivity index (χ1n) is 7.69. The summed E-state index contributed by atoms with van der Waals surface area (Å²) >= 11 is 17.9. The molecule has 0 bridgehead atoms. The van der Waals surface area contributed by atoms with Crippen molar-refractivity contribution in [2.75, 3.05) is 0 Å². The van der Waals surface area contributed by atoms with Crippen LogP contribution in [0.3, 0.4) is 0 Å². The summed E-state index contributed by atoms with van der Waals surface area (Å²) in [6.07, 6.45) is 4.37. The quantitative estimate of drug-likeness (QED) is 0.486. The summed E-state index contributed by atoms with van der Waals surface area (Å²) in [6, 6.07) is 5.01. The molecule has 3 heterocycles. The number of rotatable bonds is 4. The Hall–Kier alpha value is -2.55. The van der Waals surface area contributed by atoms with Gasteiger partial charge in [0.1, 0.15) is 12.2 Å². The van der Waals surface area contributed by atoms with Gasteiger partial charge in [0, 0.05) is 15.6 Å². The Morgan fingerprint density at radius 1 is 0.963 bits per heavy atom. The Bertz CT molecular complexity index is 1070. The molecule has 0 N–H and O–H groups in total. The third kappa shape index (κ3) is 3.64. The first-order chi connectivity index (χ1) is 13.0. The molecule has 0 spiro atoms. The van der Waals surface area contributed by atoms with Crippen molar-refractivity contribution < 1.29 is 4.52 Å². The predicted octanol–water partition coefficient (Wildman–Crippen LogP) is 4.22. The fourth-order valence-electron chi connectivity index (χ4n) is 2.44. The highest BCUT2D eigenvalue weighted by Gasteiger charge is 2.23. The van der Waals surface area contributed by atoms with Crippen molar-refractivity contribution in [3.8, 4) is 17.4 Å². The molecule has 1 atom stereocenters. The second kappa shape index (κ2) is 7.22. The zero-order valence-electron chi connectivity index (χ0n) is 13.7. The van der Waals surface area contributed by atoms with E-state index in [-0.39, 0.29) is 5.92 Å². The van der Waals surface area contributed by atoms with Gasteiger partial charge in [0.25, 0.3) is 11.8 Å². The average Bonchev–Trinajstić information content (AvgIpc) is 3.31. The SMILES string of the molecule is CC(c1noc(-c2cc(Cl)cc(Cl)c2)n1)c1ncnn1-c1ncc(Cl)cn1. The number of hydrogen-bond acceptors (Lipinski definition) is 7. The van der Waals surface area contributed by atoms with Gasteiger partial charge in [-0.3, -0.25) is 0 Å². The van der Waals surface area contributed by atoms with Gasteiger partial charge in [-0.1, -0.05) is 40.0 Å². The Balaban J connectivity index is 1.67. The highest BCUT2D eigenvalue weighted by Crippen LogP contribution is 2.28. The van der Waals surface area contributed by atoms with Crippen LogP contribution < -0.4 is 0 Å². The van der Waals surface area contributed by atoms with E-state index in [0.717, 1.165) is 0 Å². The van der Waals surface area contributed by atoms with E-state index in [4.69, 9.17) is 39.3 Å². The first kappa shape index (κ1) is 17.8. The van der Waals surface area contributed by atoms with E-state index in [1.165, 1.54) is 23.4 Å². The van der Waals surface area contributed by atoms with Gasteiger partial charge in [-0.15, -0.1) is 0 Å². The minimum Gasteiger partial charge on any atom is -0.334 e. The maximum absolute atomic E-state index is 6.03. The topological polar surface area (TPSA) is 95.4 Å². The molecule has 0 saturated carbocycles. The highest BCUT2D eigenvalue weighted by molar-refractivity contribution is 6.35. The van der Waals surface area contributed by atoms with E-state index in [9.17, 15) is 0 Å². The molecule has 4 rings (SSSR count). The van der Waals surface area contributed by atoms with Crippen molar-refractivity contribution in [1.29, 1.82) is 0 Å². The maximum atomic E-state index is 6.03. The van der Waals surface area contributed by atoms with Gasteiger partial charge in [0.15, 0.2) is 5.82 Å². The highest BCUT2D eigenvalue weighted by atomic mass is 35.5. The van der Waals surface area contributed by atoms with Crippen molar-refractivity contribution >= 4 is 34.8 Å². The van der Waals surface area contributed by atoms with E-state index in [1.807, 2.05) is 6.92 Å². The van der Waals surface area contributed by atoms with Crippen molar-refractivity contribution in [3.05, 3.63) is 63.6 Å². The first-order valence-corrected chi connectivity index (χ1v) is 8.82. The fraction of sp³-hybridized carbons (Fsp3) is 0.125. The Kier molecular flexibility index (Phi) is 4.77. The van der Waals surface area contributed by atoms with Crippen LogP contribution in [0.15, 0.2) is 41.4 Å². The summed E-state index contributed by atoms with van der Waals surface area (Å²) in [5.74, 6) is 1.27. The summed E-state index contributed by atoms with van der Waals surface area (Å²) in [5.41, 5.74) is 0.626. The summed E-state index contributed by atoms with van der Waals surface area (Å²) < 4.78 is 6.85. The minimum absolute atomic E-state index is 0.301. The molecule has 0 fully saturated rings. The van der Waals surface area contributed by atoms with Gasteiger partial charge in [0.2, 0.25) is 0 Å². The van der Waals surface area contributed by atoms with E-state index >= 15 is 0 Å². The fourth-order valence-corrected chi connectivity index (χ4v) is 3.06. The van der Waals surface area contributed by atoms with Crippen LogP contribution in [0.4, 0.5) is 0 Å². The molecule has 0 aliphatic heterocycles. The summed E-state index contributed by atoms with van der Waals surface area (Å²) in [6.45, 7) is 1.87. The van der Waals surface area contributed by atoms with Crippen molar-refractivity contribution in [1.82, 2.24) is 34.9 Å². The van der Waals surface area contributed by atoms with Gasteiger partial charge in [-0.25, -0.2) is 15.0 Å². The van der Waals surface area contributed by atoms with Crippen molar-refractivity contribution in [2.24, 2.45) is 0 Å².